The van der Waals surface area contributed by atoms with Crippen molar-refractivity contribution >= 4 is 11.8 Å². The Morgan fingerprint density at radius 1 is 1.38 bits per heavy atom. The Balaban J connectivity index is 1.61. The van der Waals surface area contributed by atoms with Gasteiger partial charge in [0.15, 0.2) is 6.10 Å². The molecule has 0 aromatic carbocycles. The largest absolute Gasteiger partial charge is 0.356 e. The zero-order valence-corrected chi connectivity index (χ0v) is 14.5. The molecule has 8 nitrogen and oxygen atoms in total. The number of likely N-dealkylation sites (N-methyl/N-ethyl adjacent to an activating group) is 1. The molecule has 8 heteroatoms. The second-order valence-electron chi connectivity index (χ2n) is 6.77. The zero-order chi connectivity index (χ0) is 18.1. The normalized spacial score (nSPS) is 23.1. The summed E-state index contributed by atoms with van der Waals surface area (Å²) in [5.74, 6) is -0.228. The summed E-state index contributed by atoms with van der Waals surface area (Å²) in [6, 6.07) is 5.27. The van der Waals surface area contributed by atoms with Gasteiger partial charge in [-0.25, -0.2) is 0 Å². The molecule has 1 saturated heterocycles. The number of nitrogens with zero attached hydrogens (tertiary/aromatic N) is 4. The molecule has 0 bridgehead atoms. The summed E-state index contributed by atoms with van der Waals surface area (Å²) in [7, 11) is 1.73. The lowest BCUT2D eigenvalue weighted by atomic mass is 9.98. The Labute approximate surface area is 151 Å². The first-order valence-electron chi connectivity index (χ1n) is 8.71. The van der Waals surface area contributed by atoms with Gasteiger partial charge in [0.25, 0.3) is 5.91 Å². The first-order valence-corrected chi connectivity index (χ1v) is 8.71. The maximum atomic E-state index is 13.1. The van der Waals surface area contributed by atoms with Crippen LogP contribution in [0.25, 0.3) is 0 Å². The van der Waals surface area contributed by atoms with E-state index in [1.807, 2.05) is 23.1 Å². The van der Waals surface area contributed by atoms with E-state index in [2.05, 4.69) is 15.2 Å². The third-order valence-electron chi connectivity index (χ3n) is 4.81. The SMILES string of the molecule is CN(Cc1ccn[nH]1)C(=O)C1OCC(=O)N(C2CC2)C1c1cccnc1. The summed E-state index contributed by atoms with van der Waals surface area (Å²) in [5.41, 5.74) is 1.66. The molecule has 26 heavy (non-hydrogen) atoms. The number of hydrogen-bond donors (Lipinski definition) is 1. The lowest BCUT2D eigenvalue weighted by Crippen LogP contribution is -2.55. The highest BCUT2D eigenvalue weighted by Crippen LogP contribution is 2.39. The van der Waals surface area contributed by atoms with Crippen molar-refractivity contribution in [3.8, 4) is 0 Å². The van der Waals surface area contributed by atoms with Gasteiger partial charge < -0.3 is 14.5 Å². The van der Waals surface area contributed by atoms with E-state index in [0.717, 1.165) is 24.1 Å². The minimum absolute atomic E-state index is 0.0679. The molecule has 136 valence electrons. The lowest BCUT2D eigenvalue weighted by Gasteiger charge is -2.41. The number of ether oxygens (including phenoxy) is 1. The van der Waals surface area contributed by atoms with E-state index in [4.69, 9.17) is 4.74 Å². The van der Waals surface area contributed by atoms with Crippen LogP contribution in [0.5, 0.6) is 0 Å². The molecular weight excluding hydrogens is 334 g/mol. The summed E-state index contributed by atoms with van der Waals surface area (Å²) in [6.45, 7) is 0.331. The van der Waals surface area contributed by atoms with Gasteiger partial charge in [0.05, 0.1) is 18.3 Å². The smallest absolute Gasteiger partial charge is 0.254 e. The maximum Gasteiger partial charge on any atom is 0.254 e. The molecule has 1 aliphatic carbocycles. The predicted molar refractivity (Wildman–Crippen MR) is 91.6 cm³/mol. The molecule has 1 N–H and O–H groups in total. The highest BCUT2D eigenvalue weighted by atomic mass is 16.5. The van der Waals surface area contributed by atoms with Crippen LogP contribution in [0.1, 0.15) is 30.1 Å². The van der Waals surface area contributed by atoms with Gasteiger partial charge in [-0.3, -0.25) is 19.7 Å². The van der Waals surface area contributed by atoms with Crippen LogP contribution in [0, 0.1) is 0 Å². The molecule has 4 rings (SSSR count). The summed E-state index contributed by atoms with van der Waals surface area (Å²) in [5, 5.41) is 6.76. The average molecular weight is 355 g/mol. The monoisotopic (exact) mass is 355 g/mol. The number of carbonyl (C=O) groups excluding carboxylic acids is 2. The van der Waals surface area contributed by atoms with Crippen molar-refractivity contribution in [3.63, 3.8) is 0 Å². The van der Waals surface area contributed by atoms with E-state index < -0.39 is 12.1 Å². The molecule has 2 aromatic rings. The van der Waals surface area contributed by atoms with E-state index in [9.17, 15) is 9.59 Å². The predicted octanol–water partition coefficient (Wildman–Crippen LogP) is 0.894. The van der Waals surface area contributed by atoms with E-state index in [1.54, 1.807) is 30.5 Å². The van der Waals surface area contributed by atoms with Crippen molar-refractivity contribution in [2.75, 3.05) is 13.7 Å². The molecule has 2 amide bonds. The van der Waals surface area contributed by atoms with E-state index in [0.29, 0.717) is 6.54 Å². The van der Waals surface area contributed by atoms with Crippen LogP contribution in [0.15, 0.2) is 36.8 Å². The molecular formula is C18H21N5O3. The quantitative estimate of drug-likeness (QED) is 0.860. The minimum Gasteiger partial charge on any atom is -0.356 e. The molecule has 2 unspecified atom stereocenters. The molecule has 1 saturated carbocycles. The first kappa shape index (κ1) is 16.7. The van der Waals surface area contributed by atoms with Gasteiger partial charge in [-0.15, -0.1) is 0 Å². The zero-order valence-electron chi connectivity index (χ0n) is 14.5. The fourth-order valence-corrected chi connectivity index (χ4v) is 3.43. The lowest BCUT2D eigenvalue weighted by molar-refractivity contribution is -0.170. The topological polar surface area (TPSA) is 91.4 Å². The number of morpholine rings is 1. The van der Waals surface area contributed by atoms with Crippen LogP contribution in [-0.2, 0) is 20.9 Å². The highest BCUT2D eigenvalue weighted by Gasteiger charge is 2.48. The number of hydrogen-bond acceptors (Lipinski definition) is 5. The van der Waals surface area contributed by atoms with Crippen molar-refractivity contribution in [1.29, 1.82) is 0 Å². The Morgan fingerprint density at radius 2 is 2.23 bits per heavy atom. The van der Waals surface area contributed by atoms with Crippen molar-refractivity contribution in [1.82, 2.24) is 25.0 Å². The average Bonchev–Trinajstić information content (AvgIpc) is 3.37. The second kappa shape index (κ2) is 6.87. The number of nitrogens with one attached hydrogen (secondary N) is 1. The van der Waals surface area contributed by atoms with Crippen LogP contribution in [0.4, 0.5) is 0 Å². The minimum atomic E-state index is -0.745. The Hall–Kier alpha value is -2.74. The van der Waals surface area contributed by atoms with E-state index >= 15 is 0 Å². The van der Waals surface area contributed by atoms with Gasteiger partial charge in [0.1, 0.15) is 6.61 Å². The van der Waals surface area contributed by atoms with Gasteiger partial charge in [-0.1, -0.05) is 6.07 Å². The van der Waals surface area contributed by atoms with Crippen molar-refractivity contribution < 1.29 is 14.3 Å². The molecule has 2 fully saturated rings. The summed E-state index contributed by atoms with van der Waals surface area (Å²) < 4.78 is 5.73. The van der Waals surface area contributed by atoms with Crippen molar-refractivity contribution in [3.05, 3.63) is 48.0 Å². The van der Waals surface area contributed by atoms with E-state index in [1.165, 1.54) is 0 Å². The molecule has 2 aromatic heterocycles. The van der Waals surface area contributed by atoms with Crippen molar-refractivity contribution in [2.24, 2.45) is 0 Å². The van der Waals surface area contributed by atoms with E-state index in [-0.39, 0.29) is 24.5 Å². The van der Waals surface area contributed by atoms with Crippen LogP contribution in [0.3, 0.4) is 0 Å². The second-order valence-corrected chi connectivity index (χ2v) is 6.77. The molecule has 0 spiro atoms. The number of H-pyrrole nitrogens is 1. The van der Waals surface area contributed by atoms with Crippen LogP contribution in [0.2, 0.25) is 0 Å². The summed E-state index contributed by atoms with van der Waals surface area (Å²) in [4.78, 5) is 33.2. The van der Waals surface area contributed by atoms with Crippen molar-refractivity contribution in [2.45, 2.75) is 37.6 Å². The fraction of sp³-hybridized carbons (Fsp3) is 0.444. The van der Waals surface area contributed by atoms with Crippen LogP contribution < -0.4 is 0 Å². The molecule has 1 aliphatic heterocycles. The Bertz CT molecular complexity index is 775. The number of carbonyl (C=O) groups is 2. The third kappa shape index (κ3) is 3.20. The molecule has 3 heterocycles. The number of amides is 2. The van der Waals surface area contributed by atoms with Gasteiger partial charge >= 0.3 is 0 Å². The molecule has 2 atom stereocenters. The number of pyridine rings is 1. The van der Waals surface area contributed by atoms with Gasteiger partial charge in [0.2, 0.25) is 5.91 Å². The summed E-state index contributed by atoms with van der Waals surface area (Å²) in [6.07, 6.45) is 6.22. The Morgan fingerprint density at radius 3 is 2.88 bits per heavy atom. The van der Waals surface area contributed by atoms with Crippen LogP contribution in [-0.4, -0.2) is 62.6 Å². The van der Waals surface area contributed by atoms with Gasteiger partial charge in [-0.05, 0) is 30.5 Å². The number of aromatic amines is 1. The fourth-order valence-electron chi connectivity index (χ4n) is 3.43. The summed E-state index contributed by atoms with van der Waals surface area (Å²) >= 11 is 0. The molecule has 0 radical (unpaired) electrons. The van der Waals surface area contributed by atoms with Gasteiger partial charge in [-0.2, -0.15) is 5.10 Å². The third-order valence-corrected chi connectivity index (χ3v) is 4.81. The number of rotatable bonds is 5. The van der Waals surface area contributed by atoms with Crippen LogP contribution >= 0.6 is 0 Å². The Kier molecular flexibility index (Phi) is 4.42. The number of aromatic nitrogens is 3. The molecule has 2 aliphatic rings. The highest BCUT2D eigenvalue weighted by molar-refractivity contribution is 5.86. The van der Waals surface area contributed by atoms with Gasteiger partial charge in [0, 0.05) is 31.7 Å². The first-order chi connectivity index (χ1) is 12.6. The maximum absolute atomic E-state index is 13.1. The standard InChI is InChI=1S/C18H21N5O3/c1-22(10-13-6-8-20-21-13)18(25)17-16(12-3-2-7-19-9-12)23(14-4-5-14)15(24)11-26-17/h2-3,6-9,14,16-17H,4-5,10-11H2,1H3,(H,20,21).